The Kier molecular flexibility index (Phi) is 6.92. The molecule has 2 fully saturated rings. The van der Waals surface area contributed by atoms with Gasteiger partial charge in [-0.2, -0.15) is 0 Å². The molecule has 0 amide bonds. The molecule has 0 bridgehead atoms. The van der Waals surface area contributed by atoms with Gasteiger partial charge in [0.25, 0.3) is 0 Å². The zero-order valence-electron chi connectivity index (χ0n) is 13.3. The van der Waals surface area contributed by atoms with Crippen LogP contribution in [0.15, 0.2) is 0 Å². The molecule has 6 heteroatoms. The van der Waals surface area contributed by atoms with Gasteiger partial charge in [-0.05, 0) is 71.1 Å². The van der Waals surface area contributed by atoms with Crippen molar-refractivity contribution in [3.8, 4) is 0 Å². The fourth-order valence-corrected chi connectivity index (χ4v) is 4.94. The average molecular weight is 317 g/mol. The maximum Gasteiger partial charge on any atom is 0.211 e. The van der Waals surface area contributed by atoms with Gasteiger partial charge in [-0.3, -0.25) is 0 Å². The largest absolute Gasteiger partial charge is 0.317 e. The summed E-state index contributed by atoms with van der Waals surface area (Å²) in [5.41, 5.74) is 0. The van der Waals surface area contributed by atoms with Gasteiger partial charge in [0, 0.05) is 12.6 Å². The summed E-state index contributed by atoms with van der Waals surface area (Å²) in [6.45, 7) is 6.94. The molecule has 2 heterocycles. The van der Waals surface area contributed by atoms with E-state index in [2.05, 4.69) is 21.9 Å². The van der Waals surface area contributed by atoms with E-state index in [1.165, 1.54) is 25.8 Å². The summed E-state index contributed by atoms with van der Waals surface area (Å²) >= 11 is 0. The first-order chi connectivity index (χ1) is 10.1. The van der Waals surface area contributed by atoms with Crippen molar-refractivity contribution in [2.24, 2.45) is 5.92 Å². The van der Waals surface area contributed by atoms with E-state index in [1.807, 2.05) is 0 Å². The molecule has 5 nitrogen and oxygen atoms in total. The topological polar surface area (TPSA) is 61.4 Å². The Morgan fingerprint density at radius 1 is 1.19 bits per heavy atom. The highest BCUT2D eigenvalue weighted by Gasteiger charge is 2.21. The first-order valence-electron chi connectivity index (χ1n) is 8.49. The van der Waals surface area contributed by atoms with E-state index in [1.54, 1.807) is 0 Å². The molecular weight excluding hydrogens is 286 g/mol. The lowest BCUT2D eigenvalue weighted by Gasteiger charge is -2.33. The number of sulfonamides is 1. The molecular formula is C15H31N3O2S. The van der Waals surface area contributed by atoms with Crippen LogP contribution in [0.4, 0.5) is 0 Å². The normalized spacial score (nSPS) is 26.0. The van der Waals surface area contributed by atoms with Crippen LogP contribution in [0, 0.1) is 5.92 Å². The van der Waals surface area contributed by atoms with E-state index >= 15 is 0 Å². The van der Waals surface area contributed by atoms with Crippen LogP contribution in [0.2, 0.25) is 0 Å². The predicted octanol–water partition coefficient (Wildman–Crippen LogP) is 1.17. The standard InChI is InChI=1S/C15H31N3O2S/c1-14-5-2-3-11-18(14)12-4-8-17-21(19,20)13-15-6-9-16-10-7-15/h14-17H,2-13H2,1H3. The lowest BCUT2D eigenvalue weighted by molar-refractivity contribution is 0.159. The van der Waals surface area contributed by atoms with Gasteiger partial charge < -0.3 is 10.2 Å². The van der Waals surface area contributed by atoms with Gasteiger partial charge >= 0.3 is 0 Å². The number of hydrogen-bond donors (Lipinski definition) is 2. The highest BCUT2D eigenvalue weighted by atomic mass is 32.2. The van der Waals surface area contributed by atoms with E-state index in [0.29, 0.717) is 24.3 Å². The second kappa shape index (κ2) is 8.46. The van der Waals surface area contributed by atoms with Crippen molar-refractivity contribution in [1.82, 2.24) is 14.9 Å². The molecule has 2 N–H and O–H groups in total. The Balaban J connectivity index is 1.62. The number of nitrogens with zero attached hydrogens (tertiary/aromatic N) is 1. The molecule has 0 radical (unpaired) electrons. The SMILES string of the molecule is CC1CCCCN1CCCNS(=O)(=O)CC1CCNCC1. The first kappa shape index (κ1) is 17.2. The van der Waals surface area contributed by atoms with Gasteiger partial charge in [-0.25, -0.2) is 13.1 Å². The van der Waals surface area contributed by atoms with Crippen LogP contribution < -0.4 is 10.0 Å². The predicted molar refractivity (Wildman–Crippen MR) is 86.9 cm³/mol. The van der Waals surface area contributed by atoms with E-state index in [0.717, 1.165) is 38.9 Å². The minimum atomic E-state index is -3.09. The molecule has 0 spiro atoms. The van der Waals surface area contributed by atoms with Gasteiger partial charge in [-0.1, -0.05) is 6.42 Å². The Bertz CT molecular complexity index is 394. The third-order valence-electron chi connectivity index (χ3n) is 4.80. The molecule has 2 saturated heterocycles. The Labute approximate surface area is 129 Å². The molecule has 2 rings (SSSR count). The lowest BCUT2D eigenvalue weighted by atomic mass is 10.0. The number of nitrogens with one attached hydrogen (secondary N) is 2. The smallest absolute Gasteiger partial charge is 0.211 e. The second-order valence-corrected chi connectivity index (χ2v) is 8.45. The summed E-state index contributed by atoms with van der Waals surface area (Å²) in [5, 5.41) is 3.27. The molecule has 0 aliphatic carbocycles. The highest BCUT2D eigenvalue weighted by molar-refractivity contribution is 7.89. The number of rotatable bonds is 7. The molecule has 0 aromatic rings. The minimum absolute atomic E-state index is 0.300. The minimum Gasteiger partial charge on any atom is -0.317 e. The van der Waals surface area contributed by atoms with E-state index in [-0.39, 0.29) is 0 Å². The van der Waals surface area contributed by atoms with Crippen LogP contribution in [-0.2, 0) is 10.0 Å². The fourth-order valence-electron chi connectivity index (χ4n) is 3.42. The van der Waals surface area contributed by atoms with Crippen LogP contribution in [0.5, 0.6) is 0 Å². The third kappa shape index (κ3) is 6.22. The fraction of sp³-hybridized carbons (Fsp3) is 1.00. The zero-order chi connectivity index (χ0) is 15.1. The van der Waals surface area contributed by atoms with Crippen LogP contribution in [0.3, 0.4) is 0 Å². The summed E-state index contributed by atoms with van der Waals surface area (Å²) < 4.78 is 26.9. The Morgan fingerprint density at radius 2 is 1.95 bits per heavy atom. The molecule has 0 aromatic heterocycles. The quantitative estimate of drug-likeness (QED) is 0.692. The number of hydrogen-bond acceptors (Lipinski definition) is 4. The maximum absolute atomic E-state index is 12.1. The highest BCUT2D eigenvalue weighted by Crippen LogP contribution is 2.16. The molecule has 2 aliphatic rings. The molecule has 2 aliphatic heterocycles. The average Bonchev–Trinajstić information content (AvgIpc) is 2.46. The summed E-state index contributed by atoms with van der Waals surface area (Å²) in [5.74, 6) is 0.625. The van der Waals surface area contributed by atoms with Crippen LogP contribution in [0.1, 0.15) is 45.4 Å². The van der Waals surface area contributed by atoms with Crippen LogP contribution in [0.25, 0.3) is 0 Å². The van der Waals surface area contributed by atoms with Gasteiger partial charge in [0.05, 0.1) is 5.75 Å². The molecule has 124 valence electrons. The van der Waals surface area contributed by atoms with E-state index in [9.17, 15) is 8.42 Å². The molecule has 0 aromatic carbocycles. The van der Waals surface area contributed by atoms with Crippen molar-refractivity contribution in [3.05, 3.63) is 0 Å². The van der Waals surface area contributed by atoms with Crippen molar-refractivity contribution in [2.45, 2.75) is 51.5 Å². The Hall–Kier alpha value is -0.170. The lowest BCUT2D eigenvalue weighted by Crippen LogP contribution is -2.40. The summed E-state index contributed by atoms with van der Waals surface area (Å²) in [6.07, 6.45) is 6.77. The van der Waals surface area contributed by atoms with Crippen molar-refractivity contribution in [1.29, 1.82) is 0 Å². The van der Waals surface area contributed by atoms with Gasteiger partial charge in [-0.15, -0.1) is 0 Å². The van der Waals surface area contributed by atoms with Gasteiger partial charge in [0.1, 0.15) is 0 Å². The van der Waals surface area contributed by atoms with Gasteiger partial charge in [0.15, 0.2) is 0 Å². The Morgan fingerprint density at radius 3 is 2.67 bits per heavy atom. The third-order valence-corrected chi connectivity index (χ3v) is 6.35. The van der Waals surface area contributed by atoms with Crippen molar-refractivity contribution in [3.63, 3.8) is 0 Å². The van der Waals surface area contributed by atoms with E-state index in [4.69, 9.17) is 0 Å². The number of likely N-dealkylation sites (tertiary alicyclic amines) is 1. The van der Waals surface area contributed by atoms with Crippen LogP contribution >= 0.6 is 0 Å². The van der Waals surface area contributed by atoms with Gasteiger partial charge in [0.2, 0.25) is 10.0 Å². The van der Waals surface area contributed by atoms with Crippen molar-refractivity contribution in [2.75, 3.05) is 38.5 Å². The summed E-state index contributed by atoms with van der Waals surface area (Å²) in [7, 11) is -3.09. The second-order valence-electron chi connectivity index (χ2n) is 6.60. The molecule has 1 unspecified atom stereocenters. The number of piperidine rings is 2. The monoisotopic (exact) mass is 317 g/mol. The first-order valence-corrected chi connectivity index (χ1v) is 10.1. The zero-order valence-corrected chi connectivity index (χ0v) is 14.1. The molecule has 0 saturated carbocycles. The summed E-state index contributed by atoms with van der Waals surface area (Å²) in [4.78, 5) is 2.49. The molecule has 1 atom stereocenters. The van der Waals surface area contributed by atoms with Crippen molar-refractivity contribution >= 4 is 10.0 Å². The van der Waals surface area contributed by atoms with Crippen molar-refractivity contribution < 1.29 is 8.42 Å². The maximum atomic E-state index is 12.1. The van der Waals surface area contributed by atoms with E-state index < -0.39 is 10.0 Å². The molecule has 21 heavy (non-hydrogen) atoms. The summed E-state index contributed by atoms with van der Waals surface area (Å²) in [6, 6.07) is 0.657. The van der Waals surface area contributed by atoms with Crippen LogP contribution in [-0.4, -0.2) is 57.8 Å².